The fourth-order valence-corrected chi connectivity index (χ4v) is 1.79. The van der Waals surface area contributed by atoms with Crippen LogP contribution in [0.15, 0.2) is 0 Å². The first kappa shape index (κ1) is 10.1. The molecule has 0 aromatic rings. The van der Waals surface area contributed by atoms with Crippen LogP contribution >= 0.6 is 0 Å². The van der Waals surface area contributed by atoms with Gasteiger partial charge in [-0.05, 0) is 11.3 Å². The molecule has 0 aromatic heterocycles. The van der Waals surface area contributed by atoms with E-state index in [1.165, 1.54) is 6.92 Å². The zero-order valence-electron chi connectivity index (χ0n) is 8.16. The third-order valence-corrected chi connectivity index (χ3v) is 3.08. The van der Waals surface area contributed by atoms with Gasteiger partial charge in [0, 0.05) is 19.3 Å². The van der Waals surface area contributed by atoms with Gasteiger partial charge >= 0.3 is 0 Å². The standard InChI is InChI=1S/C10H14O3/c1-6(12)9(13)4-7-8(5-11)10(7,2)3/h5,7-8H,4H2,1-3H3. The molecule has 1 fully saturated rings. The molecule has 1 rings (SSSR count). The summed E-state index contributed by atoms with van der Waals surface area (Å²) in [6, 6.07) is 0. The second-order valence-corrected chi connectivity index (χ2v) is 4.27. The summed E-state index contributed by atoms with van der Waals surface area (Å²) in [7, 11) is 0. The van der Waals surface area contributed by atoms with Crippen LogP contribution in [0.25, 0.3) is 0 Å². The molecule has 1 saturated carbocycles. The van der Waals surface area contributed by atoms with Crippen LogP contribution in [-0.4, -0.2) is 17.9 Å². The lowest BCUT2D eigenvalue weighted by atomic mass is 10.0. The molecule has 1 aliphatic carbocycles. The summed E-state index contributed by atoms with van der Waals surface area (Å²) in [5.41, 5.74) is -0.0904. The van der Waals surface area contributed by atoms with Crippen molar-refractivity contribution < 1.29 is 14.4 Å². The Labute approximate surface area is 77.5 Å². The molecule has 0 bridgehead atoms. The molecular weight excluding hydrogens is 168 g/mol. The van der Waals surface area contributed by atoms with Gasteiger partial charge in [0.2, 0.25) is 0 Å². The lowest BCUT2D eigenvalue weighted by Gasteiger charge is -1.98. The molecule has 0 N–H and O–H groups in total. The van der Waals surface area contributed by atoms with E-state index in [9.17, 15) is 14.4 Å². The molecule has 0 radical (unpaired) electrons. The highest BCUT2D eigenvalue weighted by molar-refractivity contribution is 6.36. The number of hydrogen-bond donors (Lipinski definition) is 0. The Morgan fingerprint density at radius 3 is 2.23 bits per heavy atom. The van der Waals surface area contributed by atoms with Crippen LogP contribution in [0.2, 0.25) is 0 Å². The number of carbonyl (C=O) groups excluding carboxylic acids is 3. The maximum absolute atomic E-state index is 11.1. The van der Waals surface area contributed by atoms with Crippen molar-refractivity contribution >= 4 is 17.9 Å². The van der Waals surface area contributed by atoms with Crippen molar-refractivity contribution in [3.8, 4) is 0 Å². The lowest BCUT2D eigenvalue weighted by molar-refractivity contribution is -0.135. The van der Waals surface area contributed by atoms with E-state index in [4.69, 9.17) is 0 Å². The summed E-state index contributed by atoms with van der Waals surface area (Å²) in [4.78, 5) is 32.3. The maximum atomic E-state index is 11.1. The van der Waals surface area contributed by atoms with Crippen LogP contribution < -0.4 is 0 Å². The van der Waals surface area contributed by atoms with E-state index in [2.05, 4.69) is 0 Å². The lowest BCUT2D eigenvalue weighted by Crippen LogP contribution is -2.11. The quantitative estimate of drug-likeness (QED) is 0.481. The molecule has 0 aliphatic heterocycles. The van der Waals surface area contributed by atoms with E-state index in [-0.39, 0.29) is 29.5 Å². The predicted molar refractivity (Wildman–Crippen MR) is 47.1 cm³/mol. The van der Waals surface area contributed by atoms with Crippen LogP contribution in [-0.2, 0) is 14.4 Å². The van der Waals surface area contributed by atoms with Gasteiger partial charge < -0.3 is 4.79 Å². The van der Waals surface area contributed by atoms with Crippen LogP contribution in [0.1, 0.15) is 27.2 Å². The maximum Gasteiger partial charge on any atom is 0.198 e. The Morgan fingerprint density at radius 1 is 1.38 bits per heavy atom. The Kier molecular flexibility index (Phi) is 2.37. The molecule has 1 aliphatic rings. The third-order valence-electron chi connectivity index (χ3n) is 3.08. The Morgan fingerprint density at radius 2 is 1.92 bits per heavy atom. The topological polar surface area (TPSA) is 51.2 Å². The minimum atomic E-state index is -0.410. The number of hydrogen-bond acceptors (Lipinski definition) is 3. The van der Waals surface area contributed by atoms with Crippen LogP contribution in [0.5, 0.6) is 0 Å². The van der Waals surface area contributed by atoms with Gasteiger partial charge in [0.15, 0.2) is 11.6 Å². The molecular formula is C10H14O3. The minimum absolute atomic E-state index is 0.0456. The molecule has 0 amide bonds. The summed E-state index contributed by atoms with van der Waals surface area (Å²) >= 11 is 0. The van der Waals surface area contributed by atoms with Gasteiger partial charge in [-0.3, -0.25) is 9.59 Å². The van der Waals surface area contributed by atoms with Crippen molar-refractivity contribution in [1.29, 1.82) is 0 Å². The van der Waals surface area contributed by atoms with E-state index in [1.54, 1.807) is 0 Å². The molecule has 3 nitrogen and oxygen atoms in total. The number of aldehydes is 1. The highest BCUT2D eigenvalue weighted by atomic mass is 16.2. The molecule has 2 atom stereocenters. The first-order valence-electron chi connectivity index (χ1n) is 4.40. The van der Waals surface area contributed by atoms with Crippen molar-refractivity contribution in [2.45, 2.75) is 27.2 Å². The highest BCUT2D eigenvalue weighted by Crippen LogP contribution is 2.58. The number of Topliss-reactive ketones (excluding diaryl/α,β-unsaturated/α-hetero) is 2. The average molecular weight is 182 g/mol. The van der Waals surface area contributed by atoms with Crippen molar-refractivity contribution in [2.75, 3.05) is 0 Å². The van der Waals surface area contributed by atoms with Crippen molar-refractivity contribution in [3.05, 3.63) is 0 Å². The van der Waals surface area contributed by atoms with E-state index < -0.39 is 5.78 Å². The Hall–Kier alpha value is -0.990. The van der Waals surface area contributed by atoms with Crippen molar-refractivity contribution in [2.24, 2.45) is 17.3 Å². The van der Waals surface area contributed by atoms with Crippen molar-refractivity contribution in [3.63, 3.8) is 0 Å². The van der Waals surface area contributed by atoms with Crippen molar-refractivity contribution in [1.82, 2.24) is 0 Å². The third kappa shape index (κ3) is 1.69. The normalized spacial score (nSPS) is 29.5. The molecule has 3 heteroatoms. The summed E-state index contributed by atoms with van der Waals surface area (Å²) < 4.78 is 0. The van der Waals surface area contributed by atoms with Gasteiger partial charge in [-0.25, -0.2) is 0 Å². The molecule has 0 heterocycles. The SMILES string of the molecule is CC(=O)C(=O)CC1C(C=O)C1(C)C. The Bertz CT molecular complexity index is 265. The second kappa shape index (κ2) is 3.05. The van der Waals surface area contributed by atoms with Crippen LogP contribution in [0.3, 0.4) is 0 Å². The van der Waals surface area contributed by atoms with E-state index in [0.29, 0.717) is 0 Å². The average Bonchev–Trinajstić information content (AvgIpc) is 2.52. The largest absolute Gasteiger partial charge is 0.303 e. The minimum Gasteiger partial charge on any atom is -0.303 e. The van der Waals surface area contributed by atoms with Gasteiger partial charge in [0.25, 0.3) is 0 Å². The zero-order chi connectivity index (χ0) is 10.2. The van der Waals surface area contributed by atoms with Crippen LogP contribution in [0.4, 0.5) is 0 Å². The van der Waals surface area contributed by atoms with Crippen LogP contribution in [0, 0.1) is 17.3 Å². The monoisotopic (exact) mass is 182 g/mol. The Balaban J connectivity index is 2.55. The van der Waals surface area contributed by atoms with E-state index in [1.807, 2.05) is 13.8 Å². The van der Waals surface area contributed by atoms with Gasteiger partial charge in [-0.1, -0.05) is 13.8 Å². The molecule has 0 saturated heterocycles. The predicted octanol–water partition coefficient (Wildman–Crippen LogP) is 1.01. The summed E-state index contributed by atoms with van der Waals surface area (Å²) in [5, 5.41) is 0. The summed E-state index contributed by atoms with van der Waals surface area (Å²) in [6.45, 7) is 5.17. The summed E-state index contributed by atoms with van der Waals surface area (Å²) in [5.74, 6) is -0.744. The first-order valence-corrected chi connectivity index (χ1v) is 4.40. The van der Waals surface area contributed by atoms with E-state index >= 15 is 0 Å². The van der Waals surface area contributed by atoms with Gasteiger partial charge in [0.05, 0.1) is 0 Å². The first-order chi connectivity index (χ1) is 5.91. The molecule has 0 spiro atoms. The number of rotatable bonds is 4. The molecule has 0 aromatic carbocycles. The number of carbonyl (C=O) groups is 3. The van der Waals surface area contributed by atoms with Gasteiger partial charge in [-0.2, -0.15) is 0 Å². The molecule has 13 heavy (non-hydrogen) atoms. The molecule has 2 unspecified atom stereocenters. The fraction of sp³-hybridized carbons (Fsp3) is 0.700. The smallest absolute Gasteiger partial charge is 0.198 e. The summed E-state index contributed by atoms with van der Waals surface area (Å²) in [6.07, 6.45) is 1.11. The second-order valence-electron chi connectivity index (χ2n) is 4.27. The highest BCUT2D eigenvalue weighted by Gasteiger charge is 2.58. The number of ketones is 2. The van der Waals surface area contributed by atoms with Gasteiger partial charge in [0.1, 0.15) is 6.29 Å². The fourth-order valence-electron chi connectivity index (χ4n) is 1.79. The van der Waals surface area contributed by atoms with Gasteiger partial charge in [-0.15, -0.1) is 0 Å². The molecule has 72 valence electrons. The zero-order valence-corrected chi connectivity index (χ0v) is 8.16. The van der Waals surface area contributed by atoms with E-state index in [0.717, 1.165) is 6.29 Å².